The molecule has 0 fully saturated rings. The average Bonchev–Trinajstić information content (AvgIpc) is 2.83. The number of carbonyl (C=O) groups excluding carboxylic acids is 1. The number of hydrogen-bond donors (Lipinski definition) is 2. The highest BCUT2D eigenvalue weighted by Crippen LogP contribution is 2.28. The van der Waals surface area contributed by atoms with Crippen LogP contribution in [0.2, 0.25) is 0 Å². The summed E-state index contributed by atoms with van der Waals surface area (Å²) in [5, 5.41) is 7.05. The maximum atomic E-state index is 13.0. The van der Waals surface area contributed by atoms with Gasteiger partial charge in [-0.3, -0.25) is 9.97 Å². The van der Waals surface area contributed by atoms with E-state index in [0.29, 0.717) is 25.2 Å². The van der Waals surface area contributed by atoms with Crippen LogP contribution in [0, 0.1) is 0 Å². The molecule has 0 amide bonds. The first-order valence-corrected chi connectivity index (χ1v) is 12.0. The van der Waals surface area contributed by atoms with E-state index < -0.39 is 5.60 Å². The summed E-state index contributed by atoms with van der Waals surface area (Å²) >= 11 is 0. The molecule has 2 heterocycles. The molecular formula is C28H34N4O2. The number of hydrogen-bond acceptors (Lipinski definition) is 6. The predicted octanol–water partition coefficient (Wildman–Crippen LogP) is 4.89. The average molecular weight is 459 g/mol. The molecule has 1 aliphatic carbocycles. The molecule has 1 unspecified atom stereocenters. The van der Waals surface area contributed by atoms with Crippen LogP contribution in [0.25, 0.3) is 0 Å². The van der Waals surface area contributed by atoms with Gasteiger partial charge < -0.3 is 15.4 Å². The molecule has 0 aliphatic heterocycles. The van der Waals surface area contributed by atoms with Crippen molar-refractivity contribution in [1.29, 1.82) is 0 Å². The van der Waals surface area contributed by atoms with E-state index in [9.17, 15) is 4.79 Å². The van der Waals surface area contributed by atoms with Crippen molar-refractivity contribution in [3.63, 3.8) is 0 Å². The Hall–Kier alpha value is -3.09. The molecular weight excluding hydrogens is 424 g/mol. The van der Waals surface area contributed by atoms with Crippen LogP contribution in [0.5, 0.6) is 0 Å². The van der Waals surface area contributed by atoms with Crippen LogP contribution in [0.15, 0.2) is 60.9 Å². The molecule has 6 heteroatoms. The smallest absolute Gasteiger partial charge is 0.338 e. The first-order valence-electron chi connectivity index (χ1n) is 12.0. The number of esters is 1. The van der Waals surface area contributed by atoms with E-state index in [2.05, 4.69) is 32.7 Å². The number of nitrogens with one attached hydrogen (secondary N) is 2. The van der Waals surface area contributed by atoms with Gasteiger partial charge in [-0.05, 0) is 81.0 Å². The van der Waals surface area contributed by atoms with Crippen molar-refractivity contribution < 1.29 is 9.53 Å². The Balaban J connectivity index is 1.47. The highest BCUT2D eigenvalue weighted by Gasteiger charge is 2.23. The third kappa shape index (κ3) is 6.49. The Kier molecular flexibility index (Phi) is 7.70. The van der Waals surface area contributed by atoms with Gasteiger partial charge in [-0.1, -0.05) is 24.3 Å². The van der Waals surface area contributed by atoms with E-state index in [1.807, 2.05) is 63.4 Å². The van der Waals surface area contributed by atoms with Gasteiger partial charge >= 0.3 is 5.97 Å². The predicted molar refractivity (Wildman–Crippen MR) is 133 cm³/mol. The number of ether oxygens (including phenoxy) is 1. The third-order valence-electron chi connectivity index (χ3n) is 5.89. The van der Waals surface area contributed by atoms with E-state index >= 15 is 0 Å². The van der Waals surface area contributed by atoms with Gasteiger partial charge in [0.15, 0.2) is 0 Å². The minimum atomic E-state index is -0.554. The van der Waals surface area contributed by atoms with Gasteiger partial charge in [0.05, 0.1) is 23.0 Å². The fraction of sp³-hybridized carbons (Fsp3) is 0.393. The summed E-state index contributed by atoms with van der Waals surface area (Å²) < 4.78 is 5.72. The summed E-state index contributed by atoms with van der Waals surface area (Å²) in [6, 6.07) is 16.3. The first kappa shape index (κ1) is 24.0. The Bertz CT molecular complexity index is 1110. The first-order chi connectivity index (χ1) is 16.4. The SMILES string of the molecule is CC(C)(C)OC(=O)c1cc(CNC2CCCc3cccnc32)ccc1CNCc1ccccn1. The van der Waals surface area contributed by atoms with Crippen LogP contribution in [0.3, 0.4) is 0 Å². The minimum absolute atomic E-state index is 0.231. The summed E-state index contributed by atoms with van der Waals surface area (Å²) in [5.41, 5.74) is 5.46. The van der Waals surface area contributed by atoms with Crippen LogP contribution in [0.1, 0.15) is 78.1 Å². The van der Waals surface area contributed by atoms with E-state index in [1.54, 1.807) is 6.20 Å². The number of benzene rings is 1. The Labute approximate surface area is 202 Å². The lowest BCUT2D eigenvalue weighted by atomic mass is 9.91. The van der Waals surface area contributed by atoms with Crippen molar-refractivity contribution in [3.8, 4) is 0 Å². The van der Waals surface area contributed by atoms with Crippen molar-refractivity contribution in [1.82, 2.24) is 20.6 Å². The number of nitrogens with zero attached hydrogens (tertiary/aromatic N) is 2. The topological polar surface area (TPSA) is 76.1 Å². The summed E-state index contributed by atoms with van der Waals surface area (Å²) in [6.07, 6.45) is 6.96. The van der Waals surface area contributed by atoms with Gasteiger partial charge in [0.2, 0.25) is 0 Å². The van der Waals surface area contributed by atoms with Gasteiger partial charge in [0.25, 0.3) is 0 Å². The van der Waals surface area contributed by atoms with Gasteiger partial charge in [-0.15, -0.1) is 0 Å². The molecule has 34 heavy (non-hydrogen) atoms. The Morgan fingerprint density at radius 2 is 1.88 bits per heavy atom. The van der Waals surface area contributed by atoms with E-state index in [4.69, 9.17) is 4.74 Å². The molecule has 1 aliphatic rings. The summed E-state index contributed by atoms with van der Waals surface area (Å²) in [6.45, 7) is 7.53. The summed E-state index contributed by atoms with van der Waals surface area (Å²) in [4.78, 5) is 22.0. The lowest BCUT2D eigenvalue weighted by molar-refractivity contribution is 0.00680. The molecule has 0 spiro atoms. The second-order valence-electron chi connectivity index (χ2n) is 9.79. The number of pyridine rings is 2. The highest BCUT2D eigenvalue weighted by molar-refractivity contribution is 5.91. The number of carbonyl (C=O) groups is 1. The molecule has 0 bridgehead atoms. The van der Waals surface area contributed by atoms with Gasteiger partial charge in [-0.25, -0.2) is 4.79 Å². The standard InChI is InChI=1S/C28H34N4O2/c1-28(2,3)34-27(33)24-16-20(12-13-22(24)18-29-19-23-10-4-5-14-30-23)17-32-25-11-6-8-21-9-7-15-31-26(21)25/h4-5,7,9-10,12-16,25,29,32H,6,8,11,17-19H2,1-3H3. The van der Waals surface area contributed by atoms with E-state index in [0.717, 1.165) is 41.8 Å². The molecule has 0 saturated heterocycles. The zero-order valence-electron chi connectivity index (χ0n) is 20.3. The van der Waals surface area contributed by atoms with Gasteiger partial charge in [0, 0.05) is 32.0 Å². The quantitative estimate of drug-likeness (QED) is 0.468. The zero-order chi connectivity index (χ0) is 24.0. The molecule has 1 aromatic carbocycles. The minimum Gasteiger partial charge on any atom is -0.456 e. The van der Waals surface area contributed by atoms with Crippen molar-refractivity contribution in [3.05, 3.63) is 94.6 Å². The van der Waals surface area contributed by atoms with Gasteiger partial charge in [-0.2, -0.15) is 0 Å². The van der Waals surface area contributed by atoms with Crippen molar-refractivity contribution in [2.24, 2.45) is 0 Å². The number of aromatic nitrogens is 2. The lowest BCUT2D eigenvalue weighted by Gasteiger charge is -2.25. The number of fused-ring (bicyclic) bond motifs is 1. The fourth-order valence-corrected chi connectivity index (χ4v) is 4.29. The van der Waals surface area contributed by atoms with Crippen LogP contribution in [0.4, 0.5) is 0 Å². The highest BCUT2D eigenvalue weighted by atomic mass is 16.6. The van der Waals surface area contributed by atoms with Gasteiger partial charge in [0.1, 0.15) is 5.60 Å². The van der Waals surface area contributed by atoms with Crippen LogP contribution in [-0.2, 0) is 30.8 Å². The fourth-order valence-electron chi connectivity index (χ4n) is 4.29. The van der Waals surface area contributed by atoms with E-state index in [-0.39, 0.29) is 12.0 Å². The molecule has 3 aromatic rings. The molecule has 178 valence electrons. The molecule has 0 saturated carbocycles. The summed E-state index contributed by atoms with van der Waals surface area (Å²) in [7, 11) is 0. The normalized spacial score (nSPS) is 15.6. The third-order valence-corrected chi connectivity index (χ3v) is 5.89. The largest absolute Gasteiger partial charge is 0.456 e. The number of rotatable bonds is 8. The lowest BCUT2D eigenvalue weighted by Crippen LogP contribution is -2.27. The molecule has 2 aromatic heterocycles. The van der Waals surface area contributed by atoms with Crippen molar-refractivity contribution in [2.45, 2.75) is 71.3 Å². The second kappa shape index (κ2) is 10.9. The molecule has 2 N–H and O–H groups in total. The van der Waals surface area contributed by atoms with Crippen molar-refractivity contribution in [2.75, 3.05) is 0 Å². The summed E-state index contributed by atoms with van der Waals surface area (Å²) in [5.74, 6) is -0.298. The molecule has 6 nitrogen and oxygen atoms in total. The molecule has 0 radical (unpaired) electrons. The monoisotopic (exact) mass is 458 g/mol. The van der Waals surface area contributed by atoms with Crippen LogP contribution < -0.4 is 10.6 Å². The molecule has 4 rings (SSSR count). The van der Waals surface area contributed by atoms with Crippen LogP contribution in [-0.4, -0.2) is 21.5 Å². The van der Waals surface area contributed by atoms with Crippen LogP contribution >= 0.6 is 0 Å². The zero-order valence-corrected chi connectivity index (χ0v) is 20.3. The Morgan fingerprint density at radius 3 is 2.68 bits per heavy atom. The number of aryl methyl sites for hydroxylation is 1. The maximum Gasteiger partial charge on any atom is 0.338 e. The second-order valence-corrected chi connectivity index (χ2v) is 9.79. The van der Waals surface area contributed by atoms with Crippen molar-refractivity contribution >= 4 is 5.97 Å². The maximum absolute atomic E-state index is 13.0. The molecule has 1 atom stereocenters. The Morgan fingerprint density at radius 1 is 1.03 bits per heavy atom. The van der Waals surface area contributed by atoms with E-state index in [1.165, 1.54) is 5.56 Å².